The van der Waals surface area contributed by atoms with Crippen molar-refractivity contribution in [2.45, 2.75) is 25.3 Å². The van der Waals surface area contributed by atoms with Crippen molar-refractivity contribution in [3.63, 3.8) is 0 Å². The maximum atomic E-state index is 12.0. The van der Waals surface area contributed by atoms with Crippen LogP contribution in [0.3, 0.4) is 0 Å². The van der Waals surface area contributed by atoms with Crippen LogP contribution in [0.5, 0.6) is 0 Å². The number of amides is 1. The molecule has 2 heterocycles. The molecular weight excluding hydrogens is 250 g/mol. The van der Waals surface area contributed by atoms with Gasteiger partial charge >= 0.3 is 5.97 Å². The van der Waals surface area contributed by atoms with Gasteiger partial charge < -0.3 is 10.0 Å². The molecule has 0 aliphatic carbocycles. The lowest BCUT2D eigenvalue weighted by molar-refractivity contribution is -0.151. The molecule has 18 heavy (non-hydrogen) atoms. The second kappa shape index (κ2) is 5.23. The van der Waals surface area contributed by atoms with E-state index in [0.29, 0.717) is 13.0 Å². The van der Waals surface area contributed by atoms with Crippen LogP contribution in [0.1, 0.15) is 29.3 Å². The quantitative estimate of drug-likeness (QED) is 0.844. The Morgan fingerprint density at radius 3 is 3.06 bits per heavy atom. The molecule has 1 aliphatic heterocycles. The minimum absolute atomic E-state index is 0.183. The number of carboxylic acids is 1. The molecule has 1 aromatic rings. The Bertz CT molecular complexity index is 515. The summed E-state index contributed by atoms with van der Waals surface area (Å²) in [5.74, 6) is 1.24. The summed E-state index contributed by atoms with van der Waals surface area (Å²) in [6, 6.07) is 0.935. The van der Waals surface area contributed by atoms with Crippen molar-refractivity contribution in [3.05, 3.63) is 21.9 Å². The van der Waals surface area contributed by atoms with Gasteiger partial charge in [-0.1, -0.05) is 0 Å². The zero-order valence-electron chi connectivity index (χ0n) is 9.76. The number of aliphatic carboxylic acids is 1. The number of carbonyl (C=O) groups is 2. The predicted octanol–water partition coefficient (Wildman–Crippen LogP) is 1.67. The van der Waals surface area contributed by atoms with Gasteiger partial charge in [-0.2, -0.15) is 0 Å². The molecule has 1 aliphatic rings. The van der Waals surface area contributed by atoms with E-state index in [2.05, 4.69) is 5.92 Å². The first-order valence-corrected chi connectivity index (χ1v) is 6.55. The van der Waals surface area contributed by atoms with E-state index in [-0.39, 0.29) is 12.3 Å². The predicted molar refractivity (Wildman–Crippen MR) is 68.2 cm³/mol. The summed E-state index contributed by atoms with van der Waals surface area (Å²) < 4.78 is 0. The van der Waals surface area contributed by atoms with Gasteiger partial charge in [-0.25, -0.2) is 4.79 Å². The summed E-state index contributed by atoms with van der Waals surface area (Å²) >= 11 is 1.54. The van der Waals surface area contributed by atoms with Crippen molar-refractivity contribution in [2.75, 3.05) is 6.54 Å². The number of terminal acetylenes is 1. The molecule has 1 N–H and O–H groups in total. The van der Waals surface area contributed by atoms with Crippen molar-refractivity contribution in [3.8, 4) is 12.3 Å². The molecule has 2 rings (SSSR count). The molecule has 5 heteroatoms. The molecule has 0 aromatic carbocycles. The molecule has 0 bridgehead atoms. The highest BCUT2D eigenvalue weighted by Crippen LogP contribution is 2.33. The second-order valence-corrected chi connectivity index (χ2v) is 5.08. The minimum Gasteiger partial charge on any atom is -0.479 e. The van der Waals surface area contributed by atoms with Gasteiger partial charge in [0.05, 0.1) is 0 Å². The molecule has 0 spiro atoms. The lowest BCUT2D eigenvalue weighted by Gasteiger charge is -2.33. The first-order chi connectivity index (χ1) is 8.65. The summed E-state index contributed by atoms with van der Waals surface area (Å²) in [6.45, 7) is 0.452. The highest BCUT2D eigenvalue weighted by molar-refractivity contribution is 7.10. The van der Waals surface area contributed by atoms with Gasteiger partial charge in [0.2, 0.25) is 5.91 Å². The number of carbonyl (C=O) groups excluding carboxylic acids is 1. The van der Waals surface area contributed by atoms with Crippen LogP contribution >= 0.6 is 11.3 Å². The summed E-state index contributed by atoms with van der Waals surface area (Å²) in [6.07, 6.45) is 6.40. The second-order valence-electron chi connectivity index (χ2n) is 4.08. The zero-order valence-corrected chi connectivity index (χ0v) is 10.6. The van der Waals surface area contributed by atoms with E-state index in [0.717, 1.165) is 16.9 Å². The van der Waals surface area contributed by atoms with E-state index in [4.69, 9.17) is 6.42 Å². The van der Waals surface area contributed by atoms with Gasteiger partial charge in [-0.15, -0.1) is 23.7 Å². The summed E-state index contributed by atoms with van der Waals surface area (Å²) in [5, 5.41) is 11.2. The summed E-state index contributed by atoms with van der Waals surface area (Å²) in [4.78, 5) is 25.8. The van der Waals surface area contributed by atoms with Crippen LogP contribution in [0.4, 0.5) is 0 Å². The van der Waals surface area contributed by atoms with Gasteiger partial charge in [0.25, 0.3) is 0 Å². The van der Waals surface area contributed by atoms with Crippen LogP contribution < -0.4 is 0 Å². The van der Waals surface area contributed by atoms with Crippen molar-refractivity contribution >= 4 is 23.2 Å². The molecule has 1 amide bonds. The molecule has 94 valence electrons. The Balaban J connectivity index is 2.25. The topological polar surface area (TPSA) is 57.6 Å². The average molecular weight is 263 g/mol. The van der Waals surface area contributed by atoms with Crippen molar-refractivity contribution in [2.24, 2.45) is 0 Å². The fourth-order valence-corrected chi connectivity index (χ4v) is 3.08. The molecule has 1 atom stereocenters. The monoisotopic (exact) mass is 263 g/mol. The maximum Gasteiger partial charge on any atom is 0.331 e. The first-order valence-electron chi connectivity index (χ1n) is 5.67. The van der Waals surface area contributed by atoms with E-state index < -0.39 is 12.0 Å². The number of carboxylic acid groups (broad SMARTS) is 1. The molecule has 0 saturated heterocycles. The Morgan fingerprint density at radius 2 is 2.39 bits per heavy atom. The highest BCUT2D eigenvalue weighted by Gasteiger charge is 2.36. The van der Waals surface area contributed by atoms with E-state index in [1.54, 1.807) is 17.4 Å². The smallest absolute Gasteiger partial charge is 0.331 e. The van der Waals surface area contributed by atoms with Crippen molar-refractivity contribution in [1.82, 2.24) is 4.90 Å². The van der Waals surface area contributed by atoms with Gasteiger partial charge in [-0.05, 0) is 23.4 Å². The van der Waals surface area contributed by atoms with Crippen LogP contribution in [0, 0.1) is 12.3 Å². The molecular formula is C13H13NO3S. The number of hydrogen-bond donors (Lipinski definition) is 1. The zero-order chi connectivity index (χ0) is 13.1. The fraction of sp³-hybridized carbons (Fsp3) is 0.385. The molecule has 1 aromatic heterocycles. The number of nitrogens with zero attached hydrogens (tertiary/aromatic N) is 1. The van der Waals surface area contributed by atoms with Gasteiger partial charge in [0.15, 0.2) is 6.04 Å². The van der Waals surface area contributed by atoms with Gasteiger partial charge in [0, 0.05) is 24.3 Å². The first kappa shape index (κ1) is 12.7. The third-order valence-corrected chi connectivity index (χ3v) is 4.00. The molecule has 4 nitrogen and oxygen atoms in total. The molecule has 1 unspecified atom stereocenters. The Morgan fingerprint density at radius 1 is 1.61 bits per heavy atom. The molecule has 0 radical (unpaired) electrons. The van der Waals surface area contributed by atoms with Crippen LogP contribution in [0.25, 0.3) is 0 Å². The number of fused-ring (bicyclic) bond motifs is 1. The van der Waals surface area contributed by atoms with Crippen molar-refractivity contribution < 1.29 is 14.7 Å². The van der Waals surface area contributed by atoms with Crippen LogP contribution in [0.15, 0.2) is 11.4 Å². The average Bonchev–Trinajstić information content (AvgIpc) is 2.82. The molecule has 0 saturated carbocycles. The highest BCUT2D eigenvalue weighted by atomic mass is 32.1. The lowest BCUT2D eigenvalue weighted by atomic mass is 9.99. The van der Waals surface area contributed by atoms with Crippen LogP contribution in [0.2, 0.25) is 0 Å². The number of hydrogen-bond acceptors (Lipinski definition) is 3. The lowest BCUT2D eigenvalue weighted by Crippen LogP contribution is -2.42. The Kier molecular flexibility index (Phi) is 3.68. The fourth-order valence-electron chi connectivity index (χ4n) is 2.17. The van der Waals surface area contributed by atoms with Gasteiger partial charge in [0.1, 0.15) is 0 Å². The van der Waals surface area contributed by atoms with Crippen molar-refractivity contribution in [1.29, 1.82) is 0 Å². The Labute approximate surface area is 109 Å². The largest absolute Gasteiger partial charge is 0.479 e. The maximum absolute atomic E-state index is 12.0. The van der Waals surface area contributed by atoms with E-state index in [1.165, 1.54) is 4.90 Å². The van der Waals surface area contributed by atoms with E-state index in [9.17, 15) is 14.7 Å². The molecule has 0 fully saturated rings. The minimum atomic E-state index is -0.983. The number of thiophene rings is 1. The van der Waals surface area contributed by atoms with Crippen LogP contribution in [-0.4, -0.2) is 28.4 Å². The van der Waals surface area contributed by atoms with Gasteiger partial charge in [-0.3, -0.25) is 4.79 Å². The SMILES string of the molecule is C#CCCC(=O)N1CCc2sccc2C1C(=O)O. The van der Waals surface area contributed by atoms with E-state index >= 15 is 0 Å². The third kappa shape index (κ3) is 2.24. The Hall–Kier alpha value is -1.80. The number of rotatable bonds is 3. The third-order valence-electron chi connectivity index (χ3n) is 3.00. The van der Waals surface area contributed by atoms with Crippen LogP contribution in [-0.2, 0) is 16.0 Å². The summed E-state index contributed by atoms with van der Waals surface area (Å²) in [7, 11) is 0. The summed E-state index contributed by atoms with van der Waals surface area (Å²) in [5.41, 5.74) is 0.743. The standard InChI is InChI=1S/C13H13NO3S/c1-2-3-4-11(15)14-7-5-10-9(6-8-18-10)12(14)13(16)17/h1,6,8,12H,3-5,7H2,(H,16,17). The van der Waals surface area contributed by atoms with E-state index in [1.807, 2.05) is 5.38 Å². The normalized spacial score (nSPS) is 17.9.